The third-order valence-corrected chi connectivity index (χ3v) is 3.94. The van der Waals surface area contributed by atoms with E-state index >= 15 is 0 Å². The zero-order chi connectivity index (χ0) is 16.0. The van der Waals surface area contributed by atoms with Gasteiger partial charge in [0.2, 0.25) is 5.91 Å². The normalized spacial score (nSPS) is 13.0. The number of carbonyl (C=O) groups is 1. The van der Waals surface area contributed by atoms with Gasteiger partial charge in [-0.05, 0) is 46.2 Å². The molecule has 0 bridgehead atoms. The highest BCUT2D eigenvalue weighted by molar-refractivity contribution is 5.83. The van der Waals surface area contributed by atoms with Crippen LogP contribution in [0.4, 0.5) is 0 Å². The summed E-state index contributed by atoms with van der Waals surface area (Å²) in [5, 5.41) is 0. The predicted octanol–water partition coefficient (Wildman–Crippen LogP) is 3.37. The molecule has 0 unspecified atom stereocenters. The van der Waals surface area contributed by atoms with Gasteiger partial charge in [0.25, 0.3) is 0 Å². The van der Waals surface area contributed by atoms with E-state index in [0.717, 1.165) is 18.5 Å². The zero-order valence-electron chi connectivity index (χ0n) is 14.3. The zero-order valence-corrected chi connectivity index (χ0v) is 14.3. The number of nitrogens with zero attached hydrogens (tertiary/aromatic N) is 2. The van der Waals surface area contributed by atoms with Gasteiger partial charge in [-0.25, -0.2) is 0 Å². The number of amides is 1. The first-order valence-electron chi connectivity index (χ1n) is 7.86. The standard InChI is InChI=1S/C18H30N2O/c1-14(2)20(15(3)4)13-12-17(18(21)19(5)6)16-10-8-7-9-11-16/h7-11,14-15,17H,12-13H2,1-6H3/t17-/m0/s1. The molecule has 21 heavy (non-hydrogen) atoms. The van der Waals surface area contributed by atoms with Crippen LogP contribution >= 0.6 is 0 Å². The minimum atomic E-state index is -0.0544. The molecule has 0 spiro atoms. The van der Waals surface area contributed by atoms with Crippen LogP contribution in [0.1, 0.15) is 45.6 Å². The molecule has 0 aliphatic carbocycles. The molecule has 0 saturated carbocycles. The Labute approximate surface area is 129 Å². The summed E-state index contributed by atoms with van der Waals surface area (Å²) in [6.07, 6.45) is 0.859. The molecule has 118 valence electrons. The summed E-state index contributed by atoms with van der Waals surface area (Å²) in [4.78, 5) is 16.6. The SMILES string of the molecule is CC(C)N(CC[C@H](C(=O)N(C)C)c1ccccc1)C(C)C. The molecule has 3 nitrogen and oxygen atoms in total. The van der Waals surface area contributed by atoms with Crippen molar-refractivity contribution in [3.63, 3.8) is 0 Å². The average molecular weight is 290 g/mol. The lowest BCUT2D eigenvalue weighted by Gasteiger charge is -2.32. The molecular weight excluding hydrogens is 260 g/mol. The van der Waals surface area contributed by atoms with Crippen LogP contribution in [0, 0.1) is 0 Å². The van der Waals surface area contributed by atoms with E-state index in [0.29, 0.717) is 12.1 Å². The first-order chi connectivity index (χ1) is 9.84. The molecule has 0 aliphatic heterocycles. The second-order valence-electron chi connectivity index (χ2n) is 6.41. The van der Waals surface area contributed by atoms with Gasteiger partial charge in [-0.15, -0.1) is 0 Å². The summed E-state index contributed by atoms with van der Waals surface area (Å²) >= 11 is 0. The molecule has 1 amide bonds. The van der Waals surface area contributed by atoms with E-state index < -0.39 is 0 Å². The Hall–Kier alpha value is -1.35. The maximum absolute atomic E-state index is 12.5. The molecule has 1 rings (SSSR count). The van der Waals surface area contributed by atoms with E-state index in [1.54, 1.807) is 4.90 Å². The molecule has 0 fully saturated rings. The van der Waals surface area contributed by atoms with Crippen LogP contribution < -0.4 is 0 Å². The van der Waals surface area contributed by atoms with Crippen LogP contribution in [0.15, 0.2) is 30.3 Å². The molecule has 0 aromatic heterocycles. The lowest BCUT2D eigenvalue weighted by Crippen LogP contribution is -2.39. The number of likely N-dealkylation sites (N-methyl/N-ethyl adjacent to an activating group) is 1. The fourth-order valence-electron chi connectivity index (χ4n) is 2.82. The second-order valence-corrected chi connectivity index (χ2v) is 6.41. The molecule has 0 N–H and O–H groups in total. The van der Waals surface area contributed by atoms with Gasteiger partial charge >= 0.3 is 0 Å². The Morgan fingerprint density at radius 1 is 1.00 bits per heavy atom. The first kappa shape index (κ1) is 17.7. The Balaban J connectivity index is 2.86. The van der Waals surface area contributed by atoms with Crippen LogP contribution in [0.25, 0.3) is 0 Å². The monoisotopic (exact) mass is 290 g/mol. The van der Waals surface area contributed by atoms with E-state index in [2.05, 4.69) is 44.7 Å². The van der Waals surface area contributed by atoms with Crippen molar-refractivity contribution in [3.8, 4) is 0 Å². The van der Waals surface area contributed by atoms with E-state index in [1.807, 2.05) is 32.3 Å². The molecule has 0 radical (unpaired) electrons. The minimum absolute atomic E-state index is 0.0544. The average Bonchev–Trinajstić information content (AvgIpc) is 2.43. The van der Waals surface area contributed by atoms with Crippen LogP contribution in [0.3, 0.4) is 0 Å². The highest BCUT2D eigenvalue weighted by atomic mass is 16.2. The van der Waals surface area contributed by atoms with Crippen molar-refractivity contribution in [2.45, 2.75) is 52.1 Å². The van der Waals surface area contributed by atoms with Crippen LogP contribution in [-0.2, 0) is 4.79 Å². The van der Waals surface area contributed by atoms with Crippen molar-refractivity contribution in [1.29, 1.82) is 0 Å². The van der Waals surface area contributed by atoms with E-state index in [9.17, 15) is 4.79 Å². The molecule has 0 heterocycles. The highest BCUT2D eigenvalue weighted by Gasteiger charge is 2.24. The van der Waals surface area contributed by atoms with Crippen LogP contribution in [0.5, 0.6) is 0 Å². The smallest absolute Gasteiger partial charge is 0.229 e. The fourth-order valence-corrected chi connectivity index (χ4v) is 2.82. The Bertz CT molecular complexity index is 418. The summed E-state index contributed by atoms with van der Waals surface area (Å²) in [7, 11) is 3.67. The van der Waals surface area contributed by atoms with Crippen LogP contribution in [-0.4, -0.2) is 48.4 Å². The lowest BCUT2D eigenvalue weighted by atomic mass is 9.93. The Morgan fingerprint density at radius 3 is 1.95 bits per heavy atom. The quantitative estimate of drug-likeness (QED) is 0.768. The molecule has 0 saturated heterocycles. The van der Waals surface area contributed by atoms with E-state index in [-0.39, 0.29) is 11.8 Å². The lowest BCUT2D eigenvalue weighted by molar-refractivity contribution is -0.130. The third-order valence-electron chi connectivity index (χ3n) is 3.94. The highest BCUT2D eigenvalue weighted by Crippen LogP contribution is 2.23. The van der Waals surface area contributed by atoms with E-state index in [4.69, 9.17) is 0 Å². The van der Waals surface area contributed by atoms with Crippen molar-refractivity contribution < 1.29 is 4.79 Å². The topological polar surface area (TPSA) is 23.6 Å². The van der Waals surface area contributed by atoms with Crippen molar-refractivity contribution in [3.05, 3.63) is 35.9 Å². The van der Waals surface area contributed by atoms with Gasteiger partial charge in [0.05, 0.1) is 5.92 Å². The van der Waals surface area contributed by atoms with Gasteiger partial charge in [0.15, 0.2) is 0 Å². The summed E-state index contributed by atoms with van der Waals surface area (Å²) in [6, 6.07) is 11.1. The van der Waals surface area contributed by atoms with Gasteiger partial charge in [-0.3, -0.25) is 9.69 Å². The van der Waals surface area contributed by atoms with Crippen molar-refractivity contribution in [2.24, 2.45) is 0 Å². The summed E-state index contributed by atoms with van der Waals surface area (Å²) in [6.45, 7) is 9.79. The minimum Gasteiger partial charge on any atom is -0.348 e. The molecule has 1 aromatic rings. The fraction of sp³-hybridized carbons (Fsp3) is 0.611. The largest absolute Gasteiger partial charge is 0.348 e. The third kappa shape index (κ3) is 5.16. The van der Waals surface area contributed by atoms with Gasteiger partial charge in [-0.2, -0.15) is 0 Å². The maximum Gasteiger partial charge on any atom is 0.229 e. The van der Waals surface area contributed by atoms with Gasteiger partial charge in [0, 0.05) is 26.2 Å². The molecule has 1 aromatic carbocycles. The summed E-state index contributed by atoms with van der Waals surface area (Å²) in [5.41, 5.74) is 1.11. The number of rotatable bonds is 7. The number of hydrogen-bond donors (Lipinski definition) is 0. The number of benzene rings is 1. The molecule has 0 aliphatic rings. The van der Waals surface area contributed by atoms with E-state index in [1.165, 1.54) is 0 Å². The Kier molecular flexibility index (Phi) is 6.90. The Morgan fingerprint density at radius 2 is 1.52 bits per heavy atom. The maximum atomic E-state index is 12.5. The predicted molar refractivity (Wildman–Crippen MR) is 89.5 cm³/mol. The molecular formula is C18H30N2O. The number of hydrogen-bond acceptors (Lipinski definition) is 2. The first-order valence-corrected chi connectivity index (χ1v) is 7.86. The van der Waals surface area contributed by atoms with Crippen LogP contribution in [0.2, 0.25) is 0 Å². The second kappa shape index (κ2) is 8.18. The van der Waals surface area contributed by atoms with Gasteiger partial charge in [-0.1, -0.05) is 30.3 Å². The molecule has 3 heteroatoms. The van der Waals surface area contributed by atoms with Crippen molar-refractivity contribution >= 4 is 5.91 Å². The number of carbonyl (C=O) groups excluding carboxylic acids is 1. The van der Waals surface area contributed by atoms with Crippen molar-refractivity contribution in [2.75, 3.05) is 20.6 Å². The van der Waals surface area contributed by atoms with Gasteiger partial charge < -0.3 is 4.90 Å². The summed E-state index contributed by atoms with van der Waals surface area (Å²) in [5.74, 6) is 0.134. The summed E-state index contributed by atoms with van der Waals surface area (Å²) < 4.78 is 0. The van der Waals surface area contributed by atoms with Gasteiger partial charge in [0.1, 0.15) is 0 Å². The molecule has 1 atom stereocenters. The van der Waals surface area contributed by atoms with Crippen molar-refractivity contribution in [1.82, 2.24) is 9.80 Å².